The molecule has 0 bridgehead atoms. The number of rotatable bonds is 5. The van der Waals surface area contributed by atoms with E-state index in [9.17, 15) is 4.79 Å². The zero-order valence-corrected chi connectivity index (χ0v) is 15.2. The molecule has 1 atom stereocenters. The molecule has 2 fully saturated rings. The van der Waals surface area contributed by atoms with Crippen molar-refractivity contribution < 1.29 is 14.3 Å². The number of likely N-dealkylation sites (tertiary alicyclic amines) is 1. The average Bonchev–Trinajstić information content (AvgIpc) is 2.62. The molecule has 0 saturated carbocycles. The largest absolute Gasteiger partial charge is 0.381 e. The highest BCUT2D eigenvalue weighted by Crippen LogP contribution is 2.45. The lowest BCUT2D eigenvalue weighted by atomic mass is 9.66. The molecule has 0 aromatic carbocycles. The van der Waals surface area contributed by atoms with Gasteiger partial charge in [-0.05, 0) is 57.3 Å². The number of hydrogen-bond acceptors (Lipinski definition) is 3. The van der Waals surface area contributed by atoms with Crippen LogP contribution >= 0.6 is 0 Å². The van der Waals surface area contributed by atoms with E-state index in [4.69, 9.17) is 9.47 Å². The summed E-state index contributed by atoms with van der Waals surface area (Å²) in [5.41, 5.74) is 1.70. The van der Waals surface area contributed by atoms with Gasteiger partial charge in [0, 0.05) is 38.6 Å². The first kappa shape index (κ1) is 17.9. The molecule has 0 aromatic rings. The monoisotopic (exact) mass is 335 g/mol. The Labute approximate surface area is 146 Å². The maximum absolute atomic E-state index is 12.6. The predicted molar refractivity (Wildman–Crippen MR) is 94.8 cm³/mol. The molecular formula is C20H33NO3. The average molecular weight is 335 g/mol. The topological polar surface area (TPSA) is 38.8 Å². The van der Waals surface area contributed by atoms with Gasteiger partial charge in [-0.2, -0.15) is 0 Å². The number of ether oxygens (including phenoxy) is 2. The number of piperidine rings is 1. The molecule has 0 radical (unpaired) electrons. The van der Waals surface area contributed by atoms with Gasteiger partial charge >= 0.3 is 0 Å². The van der Waals surface area contributed by atoms with Crippen molar-refractivity contribution in [3.63, 3.8) is 0 Å². The zero-order valence-electron chi connectivity index (χ0n) is 15.2. The SMILES string of the molecule is CCOCC1COCCC12CCN(C(=O)CC1=CCCCC1)CC2. The van der Waals surface area contributed by atoms with Crippen LogP contribution in [0.25, 0.3) is 0 Å². The van der Waals surface area contributed by atoms with Crippen LogP contribution in [0.1, 0.15) is 58.3 Å². The summed E-state index contributed by atoms with van der Waals surface area (Å²) in [6, 6.07) is 0. The second-order valence-electron chi connectivity index (χ2n) is 7.71. The van der Waals surface area contributed by atoms with Gasteiger partial charge in [0.1, 0.15) is 0 Å². The zero-order chi connectivity index (χ0) is 16.8. The summed E-state index contributed by atoms with van der Waals surface area (Å²) >= 11 is 0. The Hall–Kier alpha value is -0.870. The van der Waals surface area contributed by atoms with E-state index in [0.29, 0.717) is 23.7 Å². The van der Waals surface area contributed by atoms with Crippen LogP contribution in [0.5, 0.6) is 0 Å². The van der Waals surface area contributed by atoms with E-state index in [1.807, 2.05) is 0 Å². The summed E-state index contributed by atoms with van der Waals surface area (Å²) in [5.74, 6) is 0.830. The van der Waals surface area contributed by atoms with Gasteiger partial charge in [-0.3, -0.25) is 4.79 Å². The van der Waals surface area contributed by atoms with Crippen molar-refractivity contribution in [2.45, 2.75) is 58.3 Å². The standard InChI is InChI=1S/C20H33NO3/c1-2-23-15-18-16-24-13-10-20(18)8-11-21(12-9-20)19(22)14-17-6-4-3-5-7-17/h6,18H,2-5,7-16H2,1H3. The van der Waals surface area contributed by atoms with Crippen molar-refractivity contribution in [2.75, 3.05) is 39.5 Å². The second kappa shape index (κ2) is 8.48. The Kier molecular flexibility index (Phi) is 6.34. The molecule has 2 aliphatic heterocycles. The van der Waals surface area contributed by atoms with E-state index in [1.165, 1.54) is 18.4 Å². The smallest absolute Gasteiger partial charge is 0.226 e. The molecule has 2 saturated heterocycles. The molecule has 1 aliphatic carbocycles. The molecular weight excluding hydrogens is 302 g/mol. The molecule has 0 aromatic heterocycles. The Morgan fingerprint density at radius 3 is 2.88 bits per heavy atom. The maximum atomic E-state index is 12.6. The lowest BCUT2D eigenvalue weighted by Crippen LogP contribution is -2.50. The van der Waals surface area contributed by atoms with E-state index < -0.39 is 0 Å². The highest BCUT2D eigenvalue weighted by Gasteiger charge is 2.44. The lowest BCUT2D eigenvalue weighted by Gasteiger charge is -2.49. The van der Waals surface area contributed by atoms with Gasteiger partial charge in [-0.1, -0.05) is 11.6 Å². The van der Waals surface area contributed by atoms with Gasteiger partial charge in [-0.25, -0.2) is 0 Å². The summed E-state index contributed by atoms with van der Waals surface area (Å²) in [6.45, 7) is 7.13. The molecule has 136 valence electrons. The molecule has 1 amide bonds. The Bertz CT molecular complexity index is 452. The van der Waals surface area contributed by atoms with Crippen LogP contribution in [0.2, 0.25) is 0 Å². The van der Waals surface area contributed by atoms with Crippen molar-refractivity contribution in [1.82, 2.24) is 4.90 Å². The molecule has 0 N–H and O–H groups in total. The second-order valence-corrected chi connectivity index (χ2v) is 7.71. The number of carbonyl (C=O) groups is 1. The first-order chi connectivity index (χ1) is 11.7. The van der Waals surface area contributed by atoms with E-state index in [2.05, 4.69) is 17.9 Å². The Balaban J connectivity index is 1.53. The minimum absolute atomic E-state index is 0.328. The summed E-state index contributed by atoms with van der Waals surface area (Å²) in [4.78, 5) is 14.7. The molecule has 3 rings (SSSR count). The normalized spacial score (nSPS) is 27.1. The number of carbonyl (C=O) groups excluding carboxylic acids is 1. The third kappa shape index (κ3) is 4.20. The molecule has 3 aliphatic rings. The van der Waals surface area contributed by atoms with Crippen molar-refractivity contribution in [3.05, 3.63) is 11.6 Å². The van der Waals surface area contributed by atoms with Gasteiger partial charge in [0.25, 0.3) is 0 Å². The van der Waals surface area contributed by atoms with E-state index in [1.54, 1.807) is 0 Å². The fourth-order valence-electron chi connectivity index (χ4n) is 4.60. The van der Waals surface area contributed by atoms with Gasteiger partial charge in [0.15, 0.2) is 0 Å². The van der Waals surface area contributed by atoms with Crippen molar-refractivity contribution in [1.29, 1.82) is 0 Å². The van der Waals surface area contributed by atoms with Gasteiger partial charge in [-0.15, -0.1) is 0 Å². The van der Waals surface area contributed by atoms with E-state index >= 15 is 0 Å². The summed E-state index contributed by atoms with van der Waals surface area (Å²) in [5, 5.41) is 0. The van der Waals surface area contributed by atoms with Crippen LogP contribution in [-0.4, -0.2) is 50.3 Å². The first-order valence-electron chi connectivity index (χ1n) is 9.85. The molecule has 4 heteroatoms. The van der Waals surface area contributed by atoms with Crippen LogP contribution in [0.15, 0.2) is 11.6 Å². The molecule has 2 heterocycles. The quantitative estimate of drug-likeness (QED) is 0.721. The molecule has 24 heavy (non-hydrogen) atoms. The van der Waals surface area contributed by atoms with Crippen molar-refractivity contribution >= 4 is 5.91 Å². The molecule has 1 unspecified atom stereocenters. The first-order valence-corrected chi connectivity index (χ1v) is 9.85. The Morgan fingerprint density at radius 2 is 2.17 bits per heavy atom. The summed E-state index contributed by atoms with van der Waals surface area (Å²) < 4.78 is 11.4. The maximum Gasteiger partial charge on any atom is 0.226 e. The van der Waals surface area contributed by atoms with Crippen LogP contribution in [0.4, 0.5) is 0 Å². The van der Waals surface area contributed by atoms with Gasteiger partial charge in [0.2, 0.25) is 5.91 Å². The summed E-state index contributed by atoms with van der Waals surface area (Å²) in [6.07, 6.45) is 11.1. The Morgan fingerprint density at radius 1 is 1.33 bits per heavy atom. The van der Waals surface area contributed by atoms with Gasteiger partial charge in [0.05, 0.1) is 13.2 Å². The highest BCUT2D eigenvalue weighted by atomic mass is 16.5. The molecule has 1 spiro atoms. The van der Waals surface area contributed by atoms with Crippen LogP contribution in [-0.2, 0) is 14.3 Å². The van der Waals surface area contributed by atoms with Crippen molar-refractivity contribution in [3.8, 4) is 0 Å². The lowest BCUT2D eigenvalue weighted by molar-refractivity contribution is -0.138. The minimum Gasteiger partial charge on any atom is -0.381 e. The number of nitrogens with zero attached hydrogens (tertiary/aromatic N) is 1. The fourth-order valence-corrected chi connectivity index (χ4v) is 4.60. The van der Waals surface area contributed by atoms with E-state index in [0.717, 1.165) is 71.6 Å². The summed E-state index contributed by atoms with van der Waals surface area (Å²) in [7, 11) is 0. The van der Waals surface area contributed by atoms with E-state index in [-0.39, 0.29) is 0 Å². The number of hydrogen-bond donors (Lipinski definition) is 0. The van der Waals surface area contributed by atoms with Crippen LogP contribution in [0, 0.1) is 11.3 Å². The molecule has 4 nitrogen and oxygen atoms in total. The highest BCUT2D eigenvalue weighted by molar-refractivity contribution is 5.78. The predicted octanol–water partition coefficient (Wildman–Crippen LogP) is 3.56. The van der Waals surface area contributed by atoms with Crippen LogP contribution < -0.4 is 0 Å². The third-order valence-corrected chi connectivity index (χ3v) is 6.33. The number of amides is 1. The van der Waals surface area contributed by atoms with Crippen LogP contribution in [0.3, 0.4) is 0 Å². The van der Waals surface area contributed by atoms with Crippen molar-refractivity contribution in [2.24, 2.45) is 11.3 Å². The fraction of sp³-hybridized carbons (Fsp3) is 0.850. The third-order valence-electron chi connectivity index (χ3n) is 6.33. The van der Waals surface area contributed by atoms with Gasteiger partial charge < -0.3 is 14.4 Å². The minimum atomic E-state index is 0.328. The number of allylic oxidation sites excluding steroid dienone is 1.